The number of anilines is 3. The summed E-state index contributed by atoms with van der Waals surface area (Å²) in [6.07, 6.45) is 3.87. The lowest BCUT2D eigenvalue weighted by atomic mass is 9.70. The van der Waals surface area contributed by atoms with Gasteiger partial charge in [-0.3, -0.25) is 0 Å². The smallest absolute Gasteiger partial charge is 0.143 e. The second-order valence-corrected chi connectivity index (χ2v) is 17.9. The van der Waals surface area contributed by atoms with Gasteiger partial charge in [0.15, 0.2) is 0 Å². The van der Waals surface area contributed by atoms with Gasteiger partial charge in [0.1, 0.15) is 22.5 Å². The van der Waals surface area contributed by atoms with Crippen LogP contribution in [0.1, 0.15) is 33.6 Å². The van der Waals surface area contributed by atoms with E-state index < -0.39 is 5.41 Å². The quantitative estimate of drug-likeness (QED) is 0.150. The Hall–Kier alpha value is -8.92. The fourth-order valence-electron chi connectivity index (χ4n) is 11.7. The number of benzene rings is 10. The van der Waals surface area contributed by atoms with Gasteiger partial charge in [0.05, 0.1) is 16.8 Å². The fraction of sp³-hybridized carbons (Fsp3) is 0.0154. The maximum Gasteiger partial charge on any atom is 0.143 e. The molecule has 0 radical (unpaired) electrons. The predicted octanol–water partition coefficient (Wildman–Crippen LogP) is 17.6. The second-order valence-electron chi connectivity index (χ2n) is 17.9. The summed E-state index contributed by atoms with van der Waals surface area (Å²) in [5, 5.41) is 5.53. The number of furan rings is 2. The number of hydrogen-bond donors (Lipinski definition) is 0. The first-order valence-electron chi connectivity index (χ1n) is 23.3. The molecular formula is C65H41NO2. The van der Waals surface area contributed by atoms with Crippen molar-refractivity contribution in [1.82, 2.24) is 0 Å². The molecule has 0 aliphatic heterocycles. The molecule has 2 aliphatic rings. The van der Waals surface area contributed by atoms with Gasteiger partial charge < -0.3 is 13.7 Å². The van der Waals surface area contributed by atoms with Crippen molar-refractivity contribution in [3.63, 3.8) is 0 Å². The molecule has 0 bridgehead atoms. The van der Waals surface area contributed by atoms with Crippen LogP contribution in [0.25, 0.3) is 82.6 Å². The van der Waals surface area contributed by atoms with Crippen LogP contribution in [0.15, 0.2) is 252 Å². The summed E-state index contributed by atoms with van der Waals surface area (Å²) in [4.78, 5) is 2.47. The molecule has 3 nitrogen and oxygen atoms in total. The average molecular weight is 868 g/mol. The molecule has 0 N–H and O–H groups in total. The molecule has 2 aromatic heterocycles. The van der Waals surface area contributed by atoms with Crippen LogP contribution in [0.2, 0.25) is 0 Å². The van der Waals surface area contributed by atoms with Crippen LogP contribution in [0, 0.1) is 0 Å². The highest BCUT2D eigenvalue weighted by Gasteiger charge is 2.52. The lowest BCUT2D eigenvalue weighted by Crippen LogP contribution is -2.26. The predicted molar refractivity (Wildman–Crippen MR) is 281 cm³/mol. The van der Waals surface area contributed by atoms with E-state index in [2.05, 4.69) is 218 Å². The Balaban J connectivity index is 1.03. The SMILES string of the molecule is C=C/C=C(/c1ccc(N(c2ccccc2-c2cccc3c2oc2c4ccccc4ccc32)c2cccc3c2-c2ccccc2C32c3ccccc3-c3ccccc32)cc1)c1cc2ccccc2o1. The summed E-state index contributed by atoms with van der Waals surface area (Å²) in [5.74, 6) is 0.799. The third-order valence-electron chi connectivity index (χ3n) is 14.5. The van der Waals surface area contributed by atoms with Crippen LogP contribution < -0.4 is 4.90 Å². The number of nitrogens with zero attached hydrogens (tertiary/aromatic N) is 1. The third kappa shape index (κ3) is 5.36. The van der Waals surface area contributed by atoms with Gasteiger partial charge in [-0.05, 0) is 92.4 Å². The van der Waals surface area contributed by atoms with Gasteiger partial charge in [0.25, 0.3) is 0 Å². The Bertz CT molecular complexity index is 3990. The van der Waals surface area contributed by atoms with Gasteiger partial charge in [-0.2, -0.15) is 0 Å². The molecular weight excluding hydrogens is 827 g/mol. The van der Waals surface area contributed by atoms with E-state index in [9.17, 15) is 0 Å². The normalized spacial score (nSPS) is 13.3. The van der Waals surface area contributed by atoms with E-state index in [1.807, 2.05) is 30.4 Å². The summed E-state index contributed by atoms with van der Waals surface area (Å²) in [7, 11) is 0. The van der Waals surface area contributed by atoms with Crippen LogP contribution in [0.5, 0.6) is 0 Å². The van der Waals surface area contributed by atoms with Crippen molar-refractivity contribution >= 4 is 66.3 Å². The van der Waals surface area contributed by atoms with E-state index in [1.54, 1.807) is 0 Å². The zero-order chi connectivity index (χ0) is 44.9. The fourth-order valence-corrected chi connectivity index (χ4v) is 11.7. The number of para-hydroxylation sites is 3. The molecule has 2 aliphatic carbocycles. The molecule has 10 aromatic carbocycles. The molecule has 0 atom stereocenters. The zero-order valence-corrected chi connectivity index (χ0v) is 37.0. The summed E-state index contributed by atoms with van der Waals surface area (Å²) in [5.41, 5.74) is 19.6. The zero-order valence-electron chi connectivity index (χ0n) is 37.0. The molecule has 12 aromatic rings. The largest absolute Gasteiger partial charge is 0.456 e. The topological polar surface area (TPSA) is 29.5 Å². The maximum absolute atomic E-state index is 7.04. The van der Waals surface area contributed by atoms with E-state index >= 15 is 0 Å². The van der Waals surface area contributed by atoms with E-state index in [1.165, 1.54) is 44.5 Å². The maximum atomic E-state index is 7.04. The number of rotatable bonds is 7. The Morgan fingerprint density at radius 2 is 1.00 bits per heavy atom. The van der Waals surface area contributed by atoms with Crippen molar-refractivity contribution in [2.45, 2.75) is 5.41 Å². The summed E-state index contributed by atoms with van der Waals surface area (Å²) in [6.45, 7) is 4.10. The lowest BCUT2D eigenvalue weighted by molar-refractivity contribution is 0.600. The molecule has 3 heteroatoms. The average Bonchev–Trinajstić information content (AvgIpc) is 4.16. The first-order chi connectivity index (χ1) is 33.7. The minimum absolute atomic E-state index is 0.496. The van der Waals surface area contributed by atoms with E-state index in [-0.39, 0.29) is 0 Å². The number of hydrogen-bond acceptors (Lipinski definition) is 3. The van der Waals surface area contributed by atoms with Crippen LogP contribution in [0.4, 0.5) is 17.1 Å². The number of allylic oxidation sites excluding steroid dienone is 2. The van der Waals surface area contributed by atoms with Gasteiger partial charge in [-0.1, -0.05) is 201 Å². The van der Waals surface area contributed by atoms with Gasteiger partial charge in [-0.15, -0.1) is 0 Å². The van der Waals surface area contributed by atoms with Gasteiger partial charge in [0.2, 0.25) is 0 Å². The van der Waals surface area contributed by atoms with Crippen molar-refractivity contribution in [3.05, 3.63) is 277 Å². The summed E-state index contributed by atoms with van der Waals surface area (Å²) >= 11 is 0. The minimum Gasteiger partial charge on any atom is -0.456 e. The van der Waals surface area contributed by atoms with Gasteiger partial charge in [0, 0.05) is 49.5 Å². The van der Waals surface area contributed by atoms with Crippen LogP contribution >= 0.6 is 0 Å². The van der Waals surface area contributed by atoms with Crippen LogP contribution in [0.3, 0.4) is 0 Å². The first-order valence-corrected chi connectivity index (χ1v) is 23.3. The molecule has 0 saturated carbocycles. The third-order valence-corrected chi connectivity index (χ3v) is 14.5. The molecule has 318 valence electrons. The standard InChI is InChI=1S/C65H41NO2/c1-2-17-45(61-40-43-19-4-14-33-60(43)67-61)42-34-37-44(38-35-42)66(58-31-13-9-23-49(58)50-25-15-26-51-52-39-36-41-18-3-5-20-46(41)63(52)68-64(50)51)59-32-16-30-57-62(59)53-24-8-12-29-56(53)65(57)54-27-10-6-21-47(54)48-22-7-11-28-55(48)65/h2-40H,1H2/b45-17-. The van der Waals surface area contributed by atoms with E-state index in [0.29, 0.717) is 0 Å². The molecule has 1 spiro atoms. The van der Waals surface area contributed by atoms with Gasteiger partial charge >= 0.3 is 0 Å². The molecule has 0 amide bonds. The molecule has 0 saturated heterocycles. The molecule has 0 fully saturated rings. The van der Waals surface area contributed by atoms with Crippen molar-refractivity contribution in [2.75, 3.05) is 4.90 Å². The van der Waals surface area contributed by atoms with Crippen molar-refractivity contribution in [3.8, 4) is 33.4 Å². The van der Waals surface area contributed by atoms with Crippen molar-refractivity contribution in [1.29, 1.82) is 0 Å². The Labute approximate surface area is 393 Å². The highest BCUT2D eigenvalue weighted by atomic mass is 16.3. The molecule has 68 heavy (non-hydrogen) atoms. The Morgan fingerprint density at radius 3 is 1.76 bits per heavy atom. The summed E-state index contributed by atoms with van der Waals surface area (Å²) < 4.78 is 13.5. The monoisotopic (exact) mass is 867 g/mol. The molecule has 2 heterocycles. The number of fused-ring (bicyclic) bond motifs is 16. The van der Waals surface area contributed by atoms with Crippen molar-refractivity contribution in [2.24, 2.45) is 0 Å². The van der Waals surface area contributed by atoms with Gasteiger partial charge in [-0.25, -0.2) is 0 Å². The molecule has 14 rings (SSSR count). The lowest BCUT2D eigenvalue weighted by Gasteiger charge is -2.32. The Kier molecular flexibility index (Phi) is 8.35. The van der Waals surface area contributed by atoms with Crippen molar-refractivity contribution < 1.29 is 8.83 Å². The highest BCUT2D eigenvalue weighted by Crippen LogP contribution is 2.65. The first kappa shape index (κ1) is 38.4. The Morgan fingerprint density at radius 1 is 0.426 bits per heavy atom. The molecule has 0 unspecified atom stereocenters. The minimum atomic E-state index is -0.496. The van der Waals surface area contributed by atoms with E-state index in [0.717, 1.165) is 88.8 Å². The van der Waals surface area contributed by atoms with E-state index in [4.69, 9.17) is 8.83 Å². The highest BCUT2D eigenvalue weighted by molar-refractivity contribution is 6.18. The van der Waals surface area contributed by atoms with Crippen LogP contribution in [-0.4, -0.2) is 0 Å². The van der Waals surface area contributed by atoms with Crippen LogP contribution in [-0.2, 0) is 5.41 Å². The summed E-state index contributed by atoms with van der Waals surface area (Å²) in [6, 6.07) is 81.4. The second kappa shape index (κ2) is 14.8.